The van der Waals surface area contributed by atoms with E-state index >= 15 is 0 Å². The van der Waals surface area contributed by atoms with Crippen LogP contribution in [0.2, 0.25) is 0 Å². The molecule has 1 N–H and O–H groups in total. The van der Waals surface area contributed by atoms with E-state index in [4.69, 9.17) is 14.2 Å². The van der Waals surface area contributed by atoms with Gasteiger partial charge in [0.15, 0.2) is 0 Å². The summed E-state index contributed by atoms with van der Waals surface area (Å²) in [6.07, 6.45) is 8.89. The van der Waals surface area contributed by atoms with E-state index in [0.717, 1.165) is 56.0 Å². The summed E-state index contributed by atoms with van der Waals surface area (Å²) in [4.78, 5) is 34.3. The summed E-state index contributed by atoms with van der Waals surface area (Å²) in [5, 5.41) is 3.19. The third-order valence-electron chi connectivity index (χ3n) is 7.57. The predicted octanol–water partition coefficient (Wildman–Crippen LogP) is 5.37. The summed E-state index contributed by atoms with van der Waals surface area (Å²) in [5.41, 5.74) is 2.29. The van der Waals surface area contributed by atoms with Crippen LogP contribution in [0.5, 0.6) is 5.88 Å². The quantitative estimate of drug-likeness (QED) is 0.529. The van der Waals surface area contributed by atoms with Crippen molar-refractivity contribution in [1.29, 1.82) is 0 Å². The maximum atomic E-state index is 12.7. The number of hydrogen-bond donors (Lipinski definition) is 1. The molecular weight excluding hydrogens is 446 g/mol. The number of amides is 1. The van der Waals surface area contributed by atoms with E-state index in [0.29, 0.717) is 30.0 Å². The van der Waals surface area contributed by atoms with E-state index in [1.54, 1.807) is 26.3 Å². The molecule has 3 fully saturated rings. The van der Waals surface area contributed by atoms with E-state index in [2.05, 4.69) is 15.3 Å². The molecule has 0 unspecified atom stereocenters. The van der Waals surface area contributed by atoms with E-state index < -0.39 is 5.60 Å². The minimum Gasteiger partial charge on any atom is -0.481 e. The number of aromatic nitrogens is 2. The third kappa shape index (κ3) is 5.52. The van der Waals surface area contributed by atoms with Gasteiger partial charge in [-0.25, -0.2) is 14.6 Å². The lowest BCUT2D eigenvalue weighted by Gasteiger charge is -2.53. The van der Waals surface area contributed by atoms with Crippen molar-refractivity contribution in [3.05, 3.63) is 29.5 Å². The number of methoxy groups -OCH3 is 1. The Hall–Kier alpha value is -2.90. The molecule has 35 heavy (non-hydrogen) atoms. The number of rotatable bonds is 7. The van der Waals surface area contributed by atoms with Crippen molar-refractivity contribution in [3.63, 3.8) is 0 Å². The van der Waals surface area contributed by atoms with Gasteiger partial charge in [0.2, 0.25) is 5.88 Å². The summed E-state index contributed by atoms with van der Waals surface area (Å²) in [6.45, 7) is 7.75. The fraction of sp³-hybridized carbons (Fsp3) is 0.630. The number of esters is 1. The normalized spacial score (nSPS) is 23.7. The zero-order chi connectivity index (χ0) is 25.3. The minimum atomic E-state index is -0.505. The maximum Gasteiger partial charge on any atom is 0.408 e. The van der Waals surface area contributed by atoms with Gasteiger partial charge in [0.05, 0.1) is 30.3 Å². The second-order valence-corrected chi connectivity index (χ2v) is 11.0. The molecule has 0 saturated heterocycles. The van der Waals surface area contributed by atoms with Gasteiger partial charge in [-0.2, -0.15) is 0 Å². The van der Waals surface area contributed by atoms with Crippen LogP contribution in [0.25, 0.3) is 11.0 Å². The number of carbonyl (C=O) groups is 2. The van der Waals surface area contributed by atoms with Crippen LogP contribution in [0, 0.1) is 5.41 Å². The Morgan fingerprint density at radius 1 is 1.09 bits per heavy atom. The van der Waals surface area contributed by atoms with Crippen molar-refractivity contribution >= 4 is 23.1 Å². The Balaban J connectivity index is 1.52. The van der Waals surface area contributed by atoms with Gasteiger partial charge in [0.1, 0.15) is 5.60 Å². The molecule has 8 nitrogen and oxygen atoms in total. The van der Waals surface area contributed by atoms with Crippen molar-refractivity contribution in [2.75, 3.05) is 13.7 Å². The summed E-state index contributed by atoms with van der Waals surface area (Å²) in [5.74, 6) is 0.125. The number of fused-ring (bicyclic) bond motifs is 4. The summed E-state index contributed by atoms with van der Waals surface area (Å²) in [7, 11) is 1.58. The van der Waals surface area contributed by atoms with Crippen LogP contribution in [-0.2, 0) is 15.9 Å². The van der Waals surface area contributed by atoms with Gasteiger partial charge in [-0.3, -0.25) is 4.98 Å². The van der Waals surface area contributed by atoms with E-state index in [-0.39, 0.29) is 23.0 Å². The molecule has 0 atom stereocenters. The fourth-order valence-corrected chi connectivity index (χ4v) is 5.59. The van der Waals surface area contributed by atoms with Gasteiger partial charge in [-0.15, -0.1) is 0 Å². The Morgan fingerprint density at radius 3 is 2.37 bits per heavy atom. The maximum absolute atomic E-state index is 12.7. The zero-order valence-electron chi connectivity index (χ0n) is 21.5. The highest BCUT2D eigenvalue weighted by Gasteiger charge is 2.49. The SMILES string of the molecule is CCOC(=O)c1cnc2ccc(OC)nc2c1CCC12CCC(NC(=O)OC(C)(C)C)(CC1)CC2. The van der Waals surface area contributed by atoms with Crippen LogP contribution < -0.4 is 10.1 Å². The molecule has 2 aromatic rings. The van der Waals surface area contributed by atoms with Gasteiger partial charge in [0.25, 0.3) is 0 Å². The largest absolute Gasteiger partial charge is 0.481 e. The van der Waals surface area contributed by atoms with E-state index in [1.807, 2.05) is 26.8 Å². The molecule has 3 aliphatic rings. The number of pyridine rings is 2. The molecule has 0 aliphatic heterocycles. The first-order valence-corrected chi connectivity index (χ1v) is 12.6. The smallest absolute Gasteiger partial charge is 0.408 e. The second-order valence-electron chi connectivity index (χ2n) is 11.0. The second kappa shape index (κ2) is 9.63. The first-order valence-electron chi connectivity index (χ1n) is 12.6. The van der Waals surface area contributed by atoms with Crippen LogP contribution in [0.1, 0.15) is 88.6 Å². The Labute approximate surface area is 207 Å². The van der Waals surface area contributed by atoms with Crippen LogP contribution in [-0.4, -0.2) is 46.9 Å². The van der Waals surface area contributed by atoms with Crippen molar-refractivity contribution in [2.45, 2.75) is 90.2 Å². The summed E-state index contributed by atoms with van der Waals surface area (Å²) < 4.78 is 16.2. The Kier molecular flexibility index (Phi) is 6.93. The van der Waals surface area contributed by atoms with Crippen molar-refractivity contribution < 1.29 is 23.8 Å². The predicted molar refractivity (Wildman–Crippen MR) is 133 cm³/mol. The number of nitrogens with one attached hydrogen (secondary N) is 1. The lowest BCUT2D eigenvalue weighted by Crippen LogP contribution is -2.57. The number of carbonyl (C=O) groups excluding carboxylic acids is 2. The molecule has 5 rings (SSSR count). The molecule has 1 amide bonds. The average molecular weight is 484 g/mol. The van der Waals surface area contributed by atoms with E-state index in [1.165, 1.54) is 0 Å². The topological polar surface area (TPSA) is 99.6 Å². The molecule has 3 aliphatic carbocycles. The highest BCUT2D eigenvalue weighted by molar-refractivity contribution is 5.96. The van der Waals surface area contributed by atoms with Crippen molar-refractivity contribution in [3.8, 4) is 5.88 Å². The highest BCUT2D eigenvalue weighted by atomic mass is 16.6. The van der Waals surface area contributed by atoms with Crippen LogP contribution in [0.4, 0.5) is 4.79 Å². The molecular formula is C27H37N3O5. The van der Waals surface area contributed by atoms with Gasteiger partial charge in [-0.05, 0) is 96.1 Å². The van der Waals surface area contributed by atoms with Gasteiger partial charge in [0, 0.05) is 17.8 Å². The summed E-state index contributed by atoms with van der Waals surface area (Å²) in [6, 6.07) is 3.65. The lowest BCUT2D eigenvalue weighted by atomic mass is 9.55. The van der Waals surface area contributed by atoms with Crippen molar-refractivity contribution in [1.82, 2.24) is 15.3 Å². The molecule has 3 saturated carbocycles. The van der Waals surface area contributed by atoms with Crippen LogP contribution >= 0.6 is 0 Å². The van der Waals surface area contributed by atoms with E-state index in [9.17, 15) is 9.59 Å². The fourth-order valence-electron chi connectivity index (χ4n) is 5.59. The first-order chi connectivity index (χ1) is 16.6. The minimum absolute atomic E-state index is 0.168. The van der Waals surface area contributed by atoms with Crippen LogP contribution in [0.3, 0.4) is 0 Å². The van der Waals surface area contributed by atoms with Crippen molar-refractivity contribution in [2.24, 2.45) is 5.41 Å². The first kappa shape index (κ1) is 25.2. The van der Waals surface area contributed by atoms with Crippen LogP contribution in [0.15, 0.2) is 18.3 Å². The molecule has 0 radical (unpaired) electrons. The molecule has 0 aromatic carbocycles. The number of ether oxygens (including phenoxy) is 3. The number of nitrogens with zero attached hydrogens (tertiary/aromatic N) is 2. The van der Waals surface area contributed by atoms with Gasteiger partial charge in [-0.1, -0.05) is 0 Å². The zero-order valence-corrected chi connectivity index (χ0v) is 21.5. The highest BCUT2D eigenvalue weighted by Crippen LogP contribution is 2.54. The number of aryl methyl sites for hydroxylation is 1. The Bertz CT molecular complexity index is 1080. The molecule has 0 spiro atoms. The standard InChI is InChI=1S/C27H37N3O5/c1-6-34-23(31)19-17-28-20-7-8-21(33-5)29-22(20)18(19)9-10-26-11-14-27(15-12-26,16-13-26)30-24(32)35-25(2,3)4/h7-8,17H,6,9-16H2,1-5H3,(H,30,32). The van der Waals surface area contributed by atoms with Gasteiger partial charge >= 0.3 is 12.1 Å². The number of hydrogen-bond acceptors (Lipinski definition) is 7. The lowest BCUT2D eigenvalue weighted by molar-refractivity contribution is 0.000929. The van der Waals surface area contributed by atoms with Gasteiger partial charge < -0.3 is 19.5 Å². The average Bonchev–Trinajstić information content (AvgIpc) is 2.82. The summed E-state index contributed by atoms with van der Waals surface area (Å²) >= 11 is 0. The number of alkyl carbamates (subject to hydrolysis) is 1. The molecule has 2 aromatic heterocycles. The molecule has 190 valence electrons. The molecule has 2 heterocycles. The third-order valence-corrected chi connectivity index (χ3v) is 7.57. The molecule has 2 bridgehead atoms. The Morgan fingerprint density at radius 2 is 1.77 bits per heavy atom. The molecule has 8 heteroatoms. The monoisotopic (exact) mass is 483 g/mol.